The average molecular weight is 430 g/mol. The van der Waals surface area contributed by atoms with Crippen LogP contribution in [0.15, 0.2) is 17.1 Å². The minimum atomic E-state index is 0.212. The molecule has 1 aromatic rings. The molecule has 3 aliphatic heterocycles. The van der Waals surface area contributed by atoms with Gasteiger partial charge in [0.15, 0.2) is 5.96 Å². The molecule has 1 atom stereocenters. The fourth-order valence-electron chi connectivity index (χ4n) is 4.69. The molecule has 0 bridgehead atoms. The number of hydrogen-bond acceptors (Lipinski definition) is 5. The maximum Gasteiger partial charge on any atom is 0.236 e. The minimum absolute atomic E-state index is 0.212. The van der Waals surface area contributed by atoms with E-state index in [9.17, 15) is 4.79 Å². The molecule has 170 valence electrons. The van der Waals surface area contributed by atoms with Crippen molar-refractivity contribution in [1.29, 1.82) is 0 Å². The van der Waals surface area contributed by atoms with Crippen molar-refractivity contribution in [1.82, 2.24) is 20.0 Å². The highest BCUT2D eigenvalue weighted by Crippen LogP contribution is 2.34. The Hall–Kier alpha value is -2.48. The van der Waals surface area contributed by atoms with Crippen LogP contribution < -0.4 is 14.8 Å². The number of benzene rings is 1. The van der Waals surface area contributed by atoms with Gasteiger partial charge in [0.25, 0.3) is 0 Å². The Bertz CT molecular complexity index is 814. The zero-order chi connectivity index (χ0) is 21.8. The topological polar surface area (TPSA) is 69.6 Å². The summed E-state index contributed by atoms with van der Waals surface area (Å²) >= 11 is 0. The predicted octanol–water partition coefficient (Wildman–Crippen LogP) is 1.33. The predicted molar refractivity (Wildman–Crippen MR) is 121 cm³/mol. The van der Waals surface area contributed by atoms with Crippen molar-refractivity contribution in [3.63, 3.8) is 0 Å². The van der Waals surface area contributed by atoms with Gasteiger partial charge >= 0.3 is 0 Å². The Morgan fingerprint density at radius 1 is 1.16 bits per heavy atom. The molecule has 1 unspecified atom stereocenters. The summed E-state index contributed by atoms with van der Waals surface area (Å²) in [6.45, 7) is 8.53. The van der Waals surface area contributed by atoms with E-state index < -0.39 is 0 Å². The average Bonchev–Trinajstić information content (AvgIpc) is 3.43. The normalized spacial score (nSPS) is 21.8. The lowest BCUT2D eigenvalue weighted by atomic mass is 10.1. The summed E-state index contributed by atoms with van der Waals surface area (Å²) in [5.74, 6) is 2.98. The molecule has 31 heavy (non-hydrogen) atoms. The molecule has 1 aromatic carbocycles. The summed E-state index contributed by atoms with van der Waals surface area (Å²) in [5.41, 5.74) is 2.27. The van der Waals surface area contributed by atoms with Gasteiger partial charge in [0.1, 0.15) is 17.6 Å². The molecule has 1 N–H and O–H groups in total. The molecule has 0 spiro atoms. The summed E-state index contributed by atoms with van der Waals surface area (Å²) in [5, 5.41) is 3.48. The maximum atomic E-state index is 12.4. The standard InChI is InChI=1S/C23H35N5O3/c1-17-12-18-13-20(30-3)19(14-21(18)31-17)15-25-23(24-2)28-10-8-26(9-11-28)16-22(29)27-6-4-5-7-27/h13-14,17H,4-12,15-16H2,1-3H3,(H,24,25). The smallest absolute Gasteiger partial charge is 0.236 e. The summed E-state index contributed by atoms with van der Waals surface area (Å²) in [6, 6.07) is 4.18. The van der Waals surface area contributed by atoms with E-state index in [0.29, 0.717) is 13.1 Å². The number of piperazine rings is 1. The molecule has 3 aliphatic rings. The number of fused-ring (bicyclic) bond motifs is 1. The lowest BCUT2D eigenvalue weighted by molar-refractivity contribution is -0.131. The second-order valence-corrected chi connectivity index (χ2v) is 8.66. The van der Waals surface area contributed by atoms with Crippen LogP contribution in [-0.4, -0.2) is 92.6 Å². The van der Waals surface area contributed by atoms with E-state index in [4.69, 9.17) is 9.47 Å². The van der Waals surface area contributed by atoms with Gasteiger partial charge < -0.3 is 24.6 Å². The second-order valence-electron chi connectivity index (χ2n) is 8.66. The molecule has 2 fully saturated rings. The Morgan fingerprint density at radius 3 is 2.58 bits per heavy atom. The number of ether oxygens (including phenoxy) is 2. The number of methoxy groups -OCH3 is 1. The van der Waals surface area contributed by atoms with Gasteiger partial charge in [0.2, 0.25) is 5.91 Å². The number of rotatable bonds is 5. The number of carbonyl (C=O) groups excluding carboxylic acids is 1. The first-order valence-electron chi connectivity index (χ1n) is 11.4. The van der Waals surface area contributed by atoms with Crippen LogP contribution >= 0.6 is 0 Å². The fourth-order valence-corrected chi connectivity index (χ4v) is 4.69. The molecule has 0 aliphatic carbocycles. The Kier molecular flexibility index (Phi) is 6.85. The number of hydrogen-bond donors (Lipinski definition) is 1. The Morgan fingerprint density at radius 2 is 1.90 bits per heavy atom. The molecule has 1 amide bonds. The largest absolute Gasteiger partial charge is 0.496 e. The molecule has 8 heteroatoms. The van der Waals surface area contributed by atoms with Gasteiger partial charge in [-0.15, -0.1) is 0 Å². The number of guanidine groups is 1. The van der Waals surface area contributed by atoms with Gasteiger partial charge in [0, 0.05) is 70.4 Å². The Labute approximate surface area is 185 Å². The number of carbonyl (C=O) groups is 1. The second kappa shape index (κ2) is 9.77. The fraction of sp³-hybridized carbons (Fsp3) is 0.652. The van der Waals surface area contributed by atoms with Crippen LogP contribution in [0.5, 0.6) is 11.5 Å². The number of amides is 1. The first kappa shape index (κ1) is 21.7. The quantitative estimate of drug-likeness (QED) is 0.563. The molecule has 3 heterocycles. The lowest BCUT2D eigenvalue weighted by Crippen LogP contribution is -2.54. The summed E-state index contributed by atoms with van der Waals surface area (Å²) in [4.78, 5) is 23.4. The van der Waals surface area contributed by atoms with E-state index >= 15 is 0 Å². The van der Waals surface area contributed by atoms with Crippen molar-refractivity contribution in [3.8, 4) is 11.5 Å². The first-order chi connectivity index (χ1) is 15.1. The van der Waals surface area contributed by atoms with Gasteiger partial charge in [-0.2, -0.15) is 0 Å². The minimum Gasteiger partial charge on any atom is -0.496 e. The molecule has 0 radical (unpaired) electrons. The number of likely N-dealkylation sites (tertiary alicyclic amines) is 1. The zero-order valence-corrected chi connectivity index (χ0v) is 19.0. The van der Waals surface area contributed by atoms with Gasteiger partial charge in [0.05, 0.1) is 13.7 Å². The summed E-state index contributed by atoms with van der Waals surface area (Å²) in [7, 11) is 3.53. The van der Waals surface area contributed by atoms with Gasteiger partial charge in [-0.1, -0.05) is 0 Å². The third-order valence-corrected chi connectivity index (χ3v) is 6.44. The van der Waals surface area contributed by atoms with Crippen LogP contribution in [0.2, 0.25) is 0 Å². The van der Waals surface area contributed by atoms with E-state index in [2.05, 4.69) is 39.2 Å². The third-order valence-electron chi connectivity index (χ3n) is 6.44. The van der Waals surface area contributed by atoms with Crippen molar-refractivity contribution < 1.29 is 14.3 Å². The van der Waals surface area contributed by atoms with E-state index in [-0.39, 0.29) is 12.0 Å². The third kappa shape index (κ3) is 5.06. The lowest BCUT2D eigenvalue weighted by Gasteiger charge is -2.36. The van der Waals surface area contributed by atoms with Crippen molar-refractivity contribution in [3.05, 3.63) is 23.3 Å². The zero-order valence-electron chi connectivity index (χ0n) is 19.0. The van der Waals surface area contributed by atoms with Crippen LogP contribution in [0.3, 0.4) is 0 Å². The molecule has 2 saturated heterocycles. The highest BCUT2D eigenvalue weighted by Gasteiger charge is 2.25. The van der Waals surface area contributed by atoms with Crippen molar-refractivity contribution in [2.24, 2.45) is 4.99 Å². The monoisotopic (exact) mass is 429 g/mol. The summed E-state index contributed by atoms with van der Waals surface area (Å²) in [6.07, 6.45) is 3.42. The first-order valence-corrected chi connectivity index (χ1v) is 11.4. The van der Waals surface area contributed by atoms with E-state index in [1.165, 1.54) is 5.56 Å². The van der Waals surface area contributed by atoms with Crippen molar-refractivity contribution in [2.45, 2.75) is 38.8 Å². The molecule has 0 saturated carbocycles. The number of aliphatic imine (C=N–C) groups is 1. The number of nitrogens with one attached hydrogen (secondary N) is 1. The molecular weight excluding hydrogens is 394 g/mol. The SMILES string of the molecule is CN=C(NCc1cc2c(cc1OC)CC(C)O2)N1CCN(CC(=O)N2CCCC2)CC1. The highest BCUT2D eigenvalue weighted by atomic mass is 16.5. The Balaban J connectivity index is 1.29. The van der Waals surface area contributed by atoms with Crippen LogP contribution in [0, 0.1) is 0 Å². The van der Waals surface area contributed by atoms with Crippen molar-refractivity contribution >= 4 is 11.9 Å². The van der Waals surface area contributed by atoms with Crippen LogP contribution in [0.25, 0.3) is 0 Å². The molecule has 4 rings (SSSR count). The van der Waals surface area contributed by atoms with E-state index in [1.54, 1.807) is 7.11 Å². The molecular formula is C23H35N5O3. The van der Waals surface area contributed by atoms with E-state index in [1.807, 2.05) is 11.9 Å². The van der Waals surface area contributed by atoms with Crippen LogP contribution in [-0.2, 0) is 17.8 Å². The van der Waals surface area contributed by atoms with Gasteiger partial charge in [-0.25, -0.2) is 0 Å². The van der Waals surface area contributed by atoms with Gasteiger partial charge in [-0.3, -0.25) is 14.7 Å². The van der Waals surface area contributed by atoms with Crippen LogP contribution in [0.1, 0.15) is 30.9 Å². The number of nitrogens with zero attached hydrogens (tertiary/aromatic N) is 4. The van der Waals surface area contributed by atoms with E-state index in [0.717, 1.165) is 81.6 Å². The molecule has 8 nitrogen and oxygen atoms in total. The van der Waals surface area contributed by atoms with Crippen molar-refractivity contribution in [2.75, 3.05) is 60.0 Å². The maximum absolute atomic E-state index is 12.4. The summed E-state index contributed by atoms with van der Waals surface area (Å²) < 4.78 is 11.5. The van der Waals surface area contributed by atoms with Crippen LogP contribution in [0.4, 0.5) is 0 Å². The highest BCUT2D eigenvalue weighted by molar-refractivity contribution is 5.80. The molecule has 0 aromatic heterocycles. The van der Waals surface area contributed by atoms with Gasteiger partial charge in [-0.05, 0) is 31.9 Å².